The van der Waals surface area contributed by atoms with Gasteiger partial charge in [-0.25, -0.2) is 8.78 Å². The van der Waals surface area contributed by atoms with Crippen LogP contribution in [0.15, 0.2) is 18.2 Å². The van der Waals surface area contributed by atoms with Gasteiger partial charge in [0.25, 0.3) is 0 Å². The van der Waals surface area contributed by atoms with Crippen molar-refractivity contribution in [3.8, 4) is 0 Å². The third-order valence-corrected chi connectivity index (χ3v) is 1.75. The van der Waals surface area contributed by atoms with E-state index in [9.17, 15) is 8.78 Å². The Hall–Kier alpha value is -1.16. The Labute approximate surface area is 75.4 Å². The first kappa shape index (κ1) is 9.92. The van der Waals surface area contributed by atoms with Crippen LogP contribution in [-0.2, 0) is 0 Å². The number of hydrogen-bond donors (Lipinski definition) is 1. The van der Waals surface area contributed by atoms with Crippen molar-refractivity contribution < 1.29 is 13.9 Å². The molecule has 0 unspecified atom stereocenters. The van der Waals surface area contributed by atoms with Gasteiger partial charge in [-0.05, 0) is 12.1 Å². The second kappa shape index (κ2) is 4.18. The van der Waals surface area contributed by atoms with Crippen LogP contribution in [0.4, 0.5) is 14.5 Å². The minimum absolute atomic E-state index is 0.0908. The molecule has 0 bridgehead atoms. The molecule has 1 rings (SSSR count). The van der Waals surface area contributed by atoms with Crippen molar-refractivity contribution in [2.24, 2.45) is 0 Å². The topological polar surface area (TPSA) is 23.5 Å². The molecule has 0 radical (unpaired) electrons. The van der Waals surface area contributed by atoms with E-state index in [1.807, 2.05) is 0 Å². The highest BCUT2D eigenvalue weighted by atomic mass is 19.1. The van der Waals surface area contributed by atoms with E-state index in [2.05, 4.69) is 0 Å². The molecule has 0 spiro atoms. The molecule has 4 heteroatoms. The molecule has 0 aliphatic heterocycles. The van der Waals surface area contributed by atoms with Gasteiger partial charge in [-0.1, -0.05) is 0 Å². The molecule has 2 nitrogen and oxygen atoms in total. The fourth-order valence-corrected chi connectivity index (χ4v) is 1.05. The number of nitrogens with zero attached hydrogens (tertiary/aromatic N) is 1. The van der Waals surface area contributed by atoms with Gasteiger partial charge in [0.1, 0.15) is 11.6 Å². The smallest absolute Gasteiger partial charge is 0.146 e. The Balaban J connectivity index is 2.91. The van der Waals surface area contributed by atoms with Crippen LogP contribution in [0.3, 0.4) is 0 Å². The number of hydrogen-bond acceptors (Lipinski definition) is 2. The van der Waals surface area contributed by atoms with E-state index >= 15 is 0 Å². The molecule has 72 valence electrons. The van der Waals surface area contributed by atoms with Gasteiger partial charge in [-0.2, -0.15) is 0 Å². The van der Waals surface area contributed by atoms with E-state index < -0.39 is 11.6 Å². The molecule has 0 aliphatic carbocycles. The van der Waals surface area contributed by atoms with Gasteiger partial charge >= 0.3 is 0 Å². The van der Waals surface area contributed by atoms with Crippen molar-refractivity contribution in [1.29, 1.82) is 0 Å². The van der Waals surface area contributed by atoms with Gasteiger partial charge < -0.3 is 10.0 Å². The van der Waals surface area contributed by atoms with Crippen molar-refractivity contribution >= 4 is 5.69 Å². The summed E-state index contributed by atoms with van der Waals surface area (Å²) in [5.41, 5.74) is 0.161. The Morgan fingerprint density at radius 1 is 1.38 bits per heavy atom. The Kier molecular flexibility index (Phi) is 3.19. The molecule has 0 aromatic heterocycles. The van der Waals surface area contributed by atoms with Gasteiger partial charge in [0.05, 0.1) is 12.3 Å². The molecule has 0 fully saturated rings. The van der Waals surface area contributed by atoms with Crippen LogP contribution in [0.1, 0.15) is 0 Å². The Morgan fingerprint density at radius 3 is 2.69 bits per heavy atom. The lowest BCUT2D eigenvalue weighted by atomic mass is 10.2. The summed E-state index contributed by atoms with van der Waals surface area (Å²) >= 11 is 0. The summed E-state index contributed by atoms with van der Waals surface area (Å²) in [4.78, 5) is 1.46. The maximum Gasteiger partial charge on any atom is 0.146 e. The average molecular weight is 187 g/mol. The first-order valence-electron chi connectivity index (χ1n) is 3.92. The Morgan fingerprint density at radius 2 is 2.08 bits per heavy atom. The molecule has 0 heterocycles. The monoisotopic (exact) mass is 187 g/mol. The highest BCUT2D eigenvalue weighted by Crippen LogP contribution is 2.18. The van der Waals surface area contributed by atoms with Gasteiger partial charge in [0.2, 0.25) is 0 Å². The van der Waals surface area contributed by atoms with Crippen LogP contribution in [-0.4, -0.2) is 25.3 Å². The second-order valence-electron chi connectivity index (χ2n) is 2.74. The van der Waals surface area contributed by atoms with Crippen LogP contribution < -0.4 is 4.90 Å². The van der Waals surface area contributed by atoms with Gasteiger partial charge in [-0.3, -0.25) is 0 Å². The summed E-state index contributed by atoms with van der Waals surface area (Å²) in [6.07, 6.45) is 0. The van der Waals surface area contributed by atoms with Crippen molar-refractivity contribution in [2.75, 3.05) is 25.1 Å². The number of halogens is 2. The molecule has 0 amide bonds. The zero-order chi connectivity index (χ0) is 9.84. The standard InChI is InChI=1S/C9H11F2NO/c1-12(4-5-13)9-6-7(10)2-3-8(9)11/h2-3,6,13H,4-5H2,1H3. The second-order valence-corrected chi connectivity index (χ2v) is 2.74. The first-order chi connectivity index (χ1) is 6.15. The SMILES string of the molecule is CN(CCO)c1cc(F)ccc1F. The lowest BCUT2D eigenvalue weighted by Gasteiger charge is -2.18. The minimum atomic E-state index is -0.489. The number of likely N-dealkylation sites (N-methyl/N-ethyl adjacent to an activating group) is 1. The number of benzene rings is 1. The molecule has 0 atom stereocenters. The van der Waals surface area contributed by atoms with Crippen LogP contribution in [0.2, 0.25) is 0 Å². The lowest BCUT2D eigenvalue weighted by Crippen LogP contribution is -2.22. The fraction of sp³-hybridized carbons (Fsp3) is 0.333. The largest absolute Gasteiger partial charge is 0.395 e. The summed E-state index contributed by atoms with van der Waals surface area (Å²) in [6.45, 7) is 0.187. The fourth-order valence-electron chi connectivity index (χ4n) is 1.05. The number of aliphatic hydroxyl groups excluding tert-OH is 1. The maximum atomic E-state index is 13.1. The quantitative estimate of drug-likeness (QED) is 0.773. The van der Waals surface area contributed by atoms with E-state index in [1.54, 1.807) is 7.05 Å². The molecule has 1 N–H and O–H groups in total. The third kappa shape index (κ3) is 2.39. The van der Waals surface area contributed by atoms with Crippen molar-refractivity contribution in [2.45, 2.75) is 0 Å². The minimum Gasteiger partial charge on any atom is -0.395 e. The molecular formula is C9H11F2NO. The average Bonchev–Trinajstić information content (AvgIpc) is 2.09. The molecule has 1 aromatic carbocycles. The number of aliphatic hydroxyl groups is 1. The molecule has 0 aliphatic rings. The molecule has 13 heavy (non-hydrogen) atoms. The van der Waals surface area contributed by atoms with Crippen molar-refractivity contribution in [3.05, 3.63) is 29.8 Å². The highest BCUT2D eigenvalue weighted by molar-refractivity contribution is 5.47. The summed E-state index contributed by atoms with van der Waals surface area (Å²) < 4.78 is 25.7. The van der Waals surface area contributed by atoms with E-state index in [0.29, 0.717) is 0 Å². The van der Waals surface area contributed by atoms with E-state index in [1.165, 1.54) is 4.90 Å². The van der Waals surface area contributed by atoms with Crippen LogP contribution in [0.25, 0.3) is 0 Å². The number of anilines is 1. The van der Waals surface area contributed by atoms with Crippen LogP contribution >= 0.6 is 0 Å². The molecule has 1 aromatic rings. The molecule has 0 saturated heterocycles. The highest BCUT2D eigenvalue weighted by Gasteiger charge is 2.07. The van der Waals surface area contributed by atoms with E-state index in [4.69, 9.17) is 5.11 Å². The predicted octanol–water partition coefficient (Wildman–Crippen LogP) is 1.39. The summed E-state index contributed by atoms with van der Waals surface area (Å²) in [5.74, 6) is -0.974. The third-order valence-electron chi connectivity index (χ3n) is 1.75. The van der Waals surface area contributed by atoms with Crippen LogP contribution in [0.5, 0.6) is 0 Å². The normalized spacial score (nSPS) is 10.2. The Bertz CT molecular complexity index is 291. The van der Waals surface area contributed by atoms with Gasteiger partial charge in [0, 0.05) is 19.7 Å². The number of rotatable bonds is 3. The van der Waals surface area contributed by atoms with Gasteiger partial charge in [-0.15, -0.1) is 0 Å². The zero-order valence-corrected chi connectivity index (χ0v) is 7.30. The summed E-state index contributed by atoms with van der Waals surface area (Å²) in [6, 6.07) is 3.23. The zero-order valence-electron chi connectivity index (χ0n) is 7.30. The van der Waals surface area contributed by atoms with Crippen LogP contribution in [0, 0.1) is 11.6 Å². The maximum absolute atomic E-state index is 13.1. The van der Waals surface area contributed by atoms with E-state index in [-0.39, 0.29) is 18.8 Å². The molecule has 0 saturated carbocycles. The van der Waals surface area contributed by atoms with Crippen molar-refractivity contribution in [3.63, 3.8) is 0 Å². The molecular weight excluding hydrogens is 176 g/mol. The predicted molar refractivity (Wildman–Crippen MR) is 46.7 cm³/mol. The summed E-state index contributed by atoms with van der Waals surface area (Å²) in [5, 5.41) is 8.60. The van der Waals surface area contributed by atoms with Gasteiger partial charge in [0.15, 0.2) is 0 Å². The van der Waals surface area contributed by atoms with E-state index in [0.717, 1.165) is 18.2 Å². The lowest BCUT2D eigenvalue weighted by molar-refractivity contribution is 0.303. The first-order valence-corrected chi connectivity index (χ1v) is 3.92. The summed E-state index contributed by atoms with van der Waals surface area (Å²) in [7, 11) is 1.59. The van der Waals surface area contributed by atoms with Crippen molar-refractivity contribution in [1.82, 2.24) is 0 Å².